The van der Waals surface area contributed by atoms with E-state index < -0.39 is 27.9 Å². The van der Waals surface area contributed by atoms with Crippen LogP contribution in [0.3, 0.4) is 0 Å². The summed E-state index contributed by atoms with van der Waals surface area (Å²) in [4.78, 5) is 33.9. The molecular weight excluding hydrogens is 302 g/mol. The van der Waals surface area contributed by atoms with Crippen molar-refractivity contribution in [2.24, 2.45) is 5.10 Å². The van der Waals surface area contributed by atoms with Crippen LogP contribution in [0.15, 0.2) is 29.4 Å². The Morgan fingerprint density at radius 1 is 1.52 bits per heavy atom. The number of nitro benzene ring substituents is 1. The predicted octanol–water partition coefficient (Wildman–Crippen LogP) is 1.47. The second-order valence-electron chi connectivity index (χ2n) is 3.96. The Hall–Kier alpha value is -2.48. The fourth-order valence-corrected chi connectivity index (χ4v) is 2.01. The Morgan fingerprint density at radius 3 is 2.81 bits per heavy atom. The number of ether oxygens (including phenoxy) is 1. The number of carbonyl (C=O) groups is 2. The molecule has 0 aliphatic carbocycles. The van der Waals surface area contributed by atoms with Gasteiger partial charge in [-0.15, -0.1) is 0 Å². The van der Waals surface area contributed by atoms with E-state index in [0.717, 1.165) is 5.01 Å². The number of nitrogens with zero attached hydrogens (tertiary/aromatic N) is 3. The van der Waals surface area contributed by atoms with E-state index >= 15 is 0 Å². The molecule has 0 N–H and O–H groups in total. The summed E-state index contributed by atoms with van der Waals surface area (Å²) in [7, 11) is 0. The van der Waals surface area contributed by atoms with Gasteiger partial charge in [0.2, 0.25) is 11.5 Å². The van der Waals surface area contributed by atoms with E-state index in [1.54, 1.807) is 6.92 Å². The van der Waals surface area contributed by atoms with Gasteiger partial charge in [0, 0.05) is 6.07 Å². The van der Waals surface area contributed by atoms with E-state index in [2.05, 4.69) is 5.10 Å². The zero-order valence-electron chi connectivity index (χ0n) is 10.9. The number of ketones is 1. The molecule has 110 valence electrons. The van der Waals surface area contributed by atoms with Gasteiger partial charge in [-0.3, -0.25) is 14.9 Å². The zero-order valence-corrected chi connectivity index (χ0v) is 11.6. The Kier molecular flexibility index (Phi) is 4.18. The van der Waals surface area contributed by atoms with Crippen molar-refractivity contribution in [3.8, 4) is 0 Å². The first-order valence-corrected chi connectivity index (χ1v) is 6.37. The maximum absolute atomic E-state index is 11.9. The van der Waals surface area contributed by atoms with Crippen LogP contribution < -0.4 is 5.01 Å². The molecule has 0 bridgehead atoms. The number of benzene rings is 1. The Bertz CT molecular complexity index is 646. The maximum atomic E-state index is 11.9. The number of halogens is 1. The molecule has 21 heavy (non-hydrogen) atoms. The van der Waals surface area contributed by atoms with Crippen molar-refractivity contribution >= 4 is 40.4 Å². The SMILES string of the molecule is CCOC(=O)C1=NN(c2ccccc2[N+](=O)[O-])[C@@H](Cl)C1=O. The van der Waals surface area contributed by atoms with Crippen LogP contribution in [0.1, 0.15) is 6.92 Å². The first-order chi connectivity index (χ1) is 9.97. The predicted molar refractivity (Wildman–Crippen MR) is 74.3 cm³/mol. The molecule has 1 aromatic carbocycles. The standard InChI is InChI=1S/C12H10ClN3O5/c1-2-21-12(18)9-10(17)11(13)15(14-9)7-5-3-4-6-8(7)16(19)20/h3-6,11H,2H2,1H3/t11-/m1/s1. The summed E-state index contributed by atoms with van der Waals surface area (Å²) in [6.45, 7) is 1.65. The molecule has 0 radical (unpaired) electrons. The third kappa shape index (κ3) is 2.70. The molecule has 1 atom stereocenters. The zero-order chi connectivity index (χ0) is 15.6. The summed E-state index contributed by atoms with van der Waals surface area (Å²) in [6, 6.07) is 5.65. The highest BCUT2D eigenvalue weighted by Crippen LogP contribution is 2.33. The largest absolute Gasteiger partial charge is 0.461 e. The van der Waals surface area contributed by atoms with Gasteiger partial charge >= 0.3 is 5.97 Å². The fraction of sp³-hybridized carbons (Fsp3) is 0.250. The summed E-state index contributed by atoms with van der Waals surface area (Å²) < 4.78 is 4.70. The van der Waals surface area contributed by atoms with E-state index in [1.807, 2.05) is 0 Å². The van der Waals surface area contributed by atoms with Crippen LogP contribution in [0.4, 0.5) is 11.4 Å². The van der Waals surface area contributed by atoms with Crippen molar-refractivity contribution in [1.29, 1.82) is 0 Å². The summed E-state index contributed by atoms with van der Waals surface area (Å²) in [5, 5.41) is 15.7. The van der Waals surface area contributed by atoms with Gasteiger partial charge in [0.15, 0.2) is 5.50 Å². The van der Waals surface area contributed by atoms with Crippen LogP contribution >= 0.6 is 11.6 Å². The molecule has 8 nitrogen and oxygen atoms in total. The summed E-state index contributed by atoms with van der Waals surface area (Å²) in [5.74, 6) is -1.66. The number of esters is 1. The molecule has 1 heterocycles. The lowest BCUT2D eigenvalue weighted by atomic mass is 10.2. The Morgan fingerprint density at radius 2 is 2.19 bits per heavy atom. The van der Waals surface area contributed by atoms with Crippen molar-refractivity contribution in [2.45, 2.75) is 12.4 Å². The van der Waals surface area contributed by atoms with E-state index in [1.165, 1.54) is 24.3 Å². The van der Waals surface area contributed by atoms with Gasteiger partial charge in [-0.2, -0.15) is 5.10 Å². The van der Waals surface area contributed by atoms with Gasteiger partial charge in [0.05, 0.1) is 11.5 Å². The van der Waals surface area contributed by atoms with E-state index in [-0.39, 0.29) is 18.0 Å². The van der Waals surface area contributed by atoms with Gasteiger partial charge < -0.3 is 4.74 Å². The number of para-hydroxylation sites is 2. The summed E-state index contributed by atoms with van der Waals surface area (Å²) >= 11 is 5.91. The molecule has 9 heteroatoms. The van der Waals surface area contributed by atoms with E-state index in [9.17, 15) is 19.7 Å². The van der Waals surface area contributed by atoms with Crippen molar-refractivity contribution < 1.29 is 19.2 Å². The molecule has 1 aliphatic heterocycles. The topological polar surface area (TPSA) is 102 Å². The molecule has 0 fully saturated rings. The third-order valence-corrected chi connectivity index (χ3v) is 3.05. The second-order valence-corrected chi connectivity index (χ2v) is 4.37. The highest BCUT2D eigenvalue weighted by atomic mass is 35.5. The number of rotatable bonds is 4. The fourth-order valence-electron chi connectivity index (χ4n) is 1.76. The van der Waals surface area contributed by atoms with Crippen LogP contribution in [0.5, 0.6) is 0 Å². The number of anilines is 1. The molecule has 0 spiro atoms. The highest BCUT2D eigenvalue weighted by molar-refractivity contribution is 6.70. The Balaban J connectivity index is 2.43. The number of hydrogen-bond donors (Lipinski definition) is 0. The average molecular weight is 312 g/mol. The molecule has 0 aromatic heterocycles. The first-order valence-electron chi connectivity index (χ1n) is 5.94. The van der Waals surface area contributed by atoms with Gasteiger partial charge in [-0.05, 0) is 13.0 Å². The van der Waals surface area contributed by atoms with Crippen molar-refractivity contribution in [3.63, 3.8) is 0 Å². The number of hydrazone groups is 1. The lowest BCUT2D eigenvalue weighted by Gasteiger charge is -2.16. The van der Waals surface area contributed by atoms with Crippen molar-refractivity contribution in [3.05, 3.63) is 34.4 Å². The number of alkyl halides is 1. The lowest BCUT2D eigenvalue weighted by molar-refractivity contribution is -0.384. The molecule has 0 unspecified atom stereocenters. The van der Waals surface area contributed by atoms with Gasteiger partial charge in [0.1, 0.15) is 5.69 Å². The van der Waals surface area contributed by atoms with Crippen LogP contribution in [0, 0.1) is 10.1 Å². The summed E-state index contributed by atoms with van der Waals surface area (Å²) in [6.07, 6.45) is 0. The van der Waals surface area contributed by atoms with Crippen LogP contribution in [-0.2, 0) is 14.3 Å². The Labute approximate surface area is 124 Å². The molecule has 0 amide bonds. The van der Waals surface area contributed by atoms with Crippen LogP contribution in [-0.4, -0.2) is 34.5 Å². The molecule has 1 aromatic rings. The maximum Gasteiger partial charge on any atom is 0.362 e. The minimum Gasteiger partial charge on any atom is -0.461 e. The lowest BCUT2D eigenvalue weighted by Crippen LogP contribution is -2.31. The van der Waals surface area contributed by atoms with Crippen LogP contribution in [0.2, 0.25) is 0 Å². The minimum atomic E-state index is -1.33. The van der Waals surface area contributed by atoms with Crippen LogP contribution in [0.25, 0.3) is 0 Å². The smallest absolute Gasteiger partial charge is 0.362 e. The summed E-state index contributed by atoms with van der Waals surface area (Å²) in [5.41, 5.74) is -2.06. The molecule has 2 rings (SSSR count). The number of nitro groups is 1. The first kappa shape index (κ1) is 14.9. The quantitative estimate of drug-likeness (QED) is 0.274. The monoisotopic (exact) mass is 311 g/mol. The van der Waals surface area contributed by atoms with E-state index in [0.29, 0.717) is 0 Å². The number of carbonyl (C=O) groups excluding carboxylic acids is 2. The van der Waals surface area contributed by atoms with Gasteiger partial charge in [-0.1, -0.05) is 23.7 Å². The normalized spacial score (nSPS) is 17.6. The molecular formula is C12H10ClN3O5. The number of Topliss-reactive ketones (excluding diaryl/α,β-unsaturated/α-hetero) is 1. The minimum absolute atomic E-state index is 0.0233. The van der Waals surface area contributed by atoms with Gasteiger partial charge in [-0.25, -0.2) is 9.80 Å². The van der Waals surface area contributed by atoms with Crippen molar-refractivity contribution in [2.75, 3.05) is 11.6 Å². The van der Waals surface area contributed by atoms with Crippen molar-refractivity contribution in [1.82, 2.24) is 0 Å². The number of hydrogen-bond acceptors (Lipinski definition) is 7. The van der Waals surface area contributed by atoms with Gasteiger partial charge in [0.25, 0.3) is 5.69 Å². The second kappa shape index (κ2) is 5.88. The molecule has 0 saturated heterocycles. The molecule has 0 saturated carbocycles. The highest BCUT2D eigenvalue weighted by Gasteiger charge is 2.41. The van der Waals surface area contributed by atoms with E-state index in [4.69, 9.17) is 16.3 Å². The third-order valence-electron chi connectivity index (χ3n) is 2.67. The average Bonchev–Trinajstić information content (AvgIpc) is 2.75. The molecule has 1 aliphatic rings.